The summed E-state index contributed by atoms with van der Waals surface area (Å²) in [6.07, 6.45) is 5.06. The van der Waals surface area contributed by atoms with E-state index >= 15 is 0 Å². The first-order chi connectivity index (χ1) is 8.29. The van der Waals surface area contributed by atoms with E-state index in [1.807, 2.05) is 38.1 Å². The average Bonchev–Trinajstić information content (AvgIpc) is 2.25. The first kappa shape index (κ1) is 14.5. The van der Waals surface area contributed by atoms with Gasteiger partial charge in [0.25, 0.3) is 0 Å². The smallest absolute Gasteiger partial charge is 0.229 e. The molecule has 1 aromatic rings. The second kappa shape index (κ2) is 5.87. The fraction of sp³-hybridized carbons (Fsp3) is 0.286. The van der Waals surface area contributed by atoms with Gasteiger partial charge in [-0.3, -0.25) is 4.72 Å². The van der Waals surface area contributed by atoms with Crippen molar-refractivity contribution < 1.29 is 8.42 Å². The van der Waals surface area contributed by atoms with Gasteiger partial charge in [-0.1, -0.05) is 49.4 Å². The Kier molecular flexibility index (Phi) is 4.73. The van der Waals surface area contributed by atoms with E-state index < -0.39 is 10.0 Å². The largest absolute Gasteiger partial charge is 0.283 e. The Morgan fingerprint density at radius 1 is 1.39 bits per heavy atom. The number of nitrogens with one attached hydrogen (secondary N) is 1. The van der Waals surface area contributed by atoms with Crippen LogP contribution in [0.4, 0.5) is 5.69 Å². The normalized spacial score (nSPS) is 13.5. The van der Waals surface area contributed by atoms with Gasteiger partial charge in [-0.25, -0.2) is 8.42 Å². The second-order valence-corrected chi connectivity index (χ2v) is 6.20. The van der Waals surface area contributed by atoms with Gasteiger partial charge < -0.3 is 0 Å². The standard InChI is InChI=1S/C14H19NO2S/c1-11(2)12(3)9-10-13-7-5-6-8-14(13)15-18(4,16)17/h5-10,12,15H,1H2,2-4H3/b10-9+. The molecule has 0 saturated heterocycles. The van der Waals surface area contributed by atoms with Gasteiger partial charge in [0.2, 0.25) is 10.0 Å². The summed E-state index contributed by atoms with van der Waals surface area (Å²) in [6, 6.07) is 7.28. The lowest BCUT2D eigenvalue weighted by atomic mass is 10.0. The van der Waals surface area contributed by atoms with Crippen LogP contribution in [0.3, 0.4) is 0 Å². The highest BCUT2D eigenvalue weighted by atomic mass is 32.2. The molecular formula is C14H19NO2S. The maximum Gasteiger partial charge on any atom is 0.229 e. The van der Waals surface area contributed by atoms with Crippen molar-refractivity contribution in [1.29, 1.82) is 0 Å². The molecule has 0 spiro atoms. The van der Waals surface area contributed by atoms with Crippen LogP contribution in [0.15, 0.2) is 42.5 Å². The highest BCUT2D eigenvalue weighted by molar-refractivity contribution is 7.92. The number of anilines is 1. The van der Waals surface area contributed by atoms with E-state index in [-0.39, 0.29) is 5.92 Å². The van der Waals surface area contributed by atoms with Gasteiger partial charge in [0.05, 0.1) is 11.9 Å². The fourth-order valence-electron chi connectivity index (χ4n) is 1.35. The number of hydrogen-bond donors (Lipinski definition) is 1. The van der Waals surface area contributed by atoms with Gasteiger partial charge >= 0.3 is 0 Å². The van der Waals surface area contributed by atoms with E-state index in [1.54, 1.807) is 12.1 Å². The maximum atomic E-state index is 11.2. The maximum absolute atomic E-state index is 11.2. The van der Waals surface area contributed by atoms with Crippen LogP contribution in [0.5, 0.6) is 0 Å². The Morgan fingerprint density at radius 3 is 2.56 bits per heavy atom. The van der Waals surface area contributed by atoms with Crippen molar-refractivity contribution in [2.75, 3.05) is 11.0 Å². The predicted octanol–water partition coefficient (Wildman–Crippen LogP) is 3.28. The molecule has 0 heterocycles. The summed E-state index contributed by atoms with van der Waals surface area (Å²) in [6.45, 7) is 7.90. The molecule has 1 N–H and O–H groups in total. The monoisotopic (exact) mass is 265 g/mol. The lowest BCUT2D eigenvalue weighted by Crippen LogP contribution is -2.10. The predicted molar refractivity (Wildman–Crippen MR) is 77.9 cm³/mol. The van der Waals surface area contributed by atoms with Crippen LogP contribution >= 0.6 is 0 Å². The molecule has 1 aromatic carbocycles. The van der Waals surface area contributed by atoms with Gasteiger partial charge in [-0.2, -0.15) is 0 Å². The van der Waals surface area contributed by atoms with Crippen LogP contribution in [0.1, 0.15) is 19.4 Å². The van der Waals surface area contributed by atoms with E-state index in [4.69, 9.17) is 0 Å². The third kappa shape index (κ3) is 4.75. The summed E-state index contributed by atoms with van der Waals surface area (Å²) in [4.78, 5) is 0. The van der Waals surface area contributed by atoms with Crippen molar-refractivity contribution in [3.05, 3.63) is 48.1 Å². The molecule has 3 nitrogen and oxygen atoms in total. The highest BCUT2D eigenvalue weighted by Crippen LogP contribution is 2.19. The quantitative estimate of drug-likeness (QED) is 0.830. The topological polar surface area (TPSA) is 46.2 Å². The molecule has 1 atom stereocenters. The van der Waals surface area contributed by atoms with Crippen molar-refractivity contribution in [3.8, 4) is 0 Å². The minimum Gasteiger partial charge on any atom is -0.283 e. The number of allylic oxidation sites excluding steroid dienone is 2. The first-order valence-corrected chi connectivity index (χ1v) is 7.59. The van der Waals surface area contributed by atoms with Gasteiger partial charge in [0.15, 0.2) is 0 Å². The van der Waals surface area contributed by atoms with Crippen LogP contribution in [0.25, 0.3) is 6.08 Å². The van der Waals surface area contributed by atoms with E-state index in [0.29, 0.717) is 5.69 Å². The Morgan fingerprint density at radius 2 is 2.00 bits per heavy atom. The van der Waals surface area contributed by atoms with Gasteiger partial charge in [-0.15, -0.1) is 0 Å². The summed E-state index contributed by atoms with van der Waals surface area (Å²) in [5.74, 6) is 0.260. The fourth-order valence-corrected chi connectivity index (χ4v) is 1.93. The molecule has 0 aliphatic rings. The van der Waals surface area contributed by atoms with Crippen LogP contribution < -0.4 is 4.72 Å². The first-order valence-electron chi connectivity index (χ1n) is 5.70. The van der Waals surface area contributed by atoms with Crippen LogP contribution in [-0.4, -0.2) is 14.7 Å². The van der Waals surface area contributed by atoms with Crippen molar-refractivity contribution in [3.63, 3.8) is 0 Å². The molecule has 0 aliphatic carbocycles. The van der Waals surface area contributed by atoms with Crippen molar-refractivity contribution in [1.82, 2.24) is 0 Å². The van der Waals surface area contributed by atoms with Crippen molar-refractivity contribution >= 4 is 21.8 Å². The van der Waals surface area contributed by atoms with Crippen LogP contribution in [-0.2, 0) is 10.0 Å². The lowest BCUT2D eigenvalue weighted by Gasteiger charge is -2.08. The van der Waals surface area contributed by atoms with Crippen LogP contribution in [0, 0.1) is 5.92 Å². The molecule has 0 aromatic heterocycles. The molecule has 18 heavy (non-hydrogen) atoms. The molecule has 0 fully saturated rings. The van der Waals surface area contributed by atoms with E-state index in [2.05, 4.69) is 11.3 Å². The third-order valence-electron chi connectivity index (χ3n) is 2.60. The van der Waals surface area contributed by atoms with Gasteiger partial charge in [0, 0.05) is 0 Å². The van der Waals surface area contributed by atoms with E-state index in [0.717, 1.165) is 17.4 Å². The molecule has 4 heteroatoms. The Labute approximate surface area is 109 Å². The minimum absolute atomic E-state index is 0.260. The SMILES string of the molecule is C=C(C)C(C)/C=C/c1ccccc1NS(C)(=O)=O. The van der Waals surface area contributed by atoms with Crippen LogP contribution in [0.2, 0.25) is 0 Å². The molecule has 1 unspecified atom stereocenters. The van der Waals surface area contributed by atoms with Crippen molar-refractivity contribution in [2.24, 2.45) is 5.92 Å². The zero-order valence-corrected chi connectivity index (χ0v) is 11.8. The second-order valence-electron chi connectivity index (χ2n) is 4.46. The van der Waals surface area contributed by atoms with Gasteiger partial charge in [-0.05, 0) is 24.5 Å². The van der Waals surface area contributed by atoms with E-state index in [1.165, 1.54) is 0 Å². The minimum atomic E-state index is -3.26. The molecule has 1 rings (SSSR count). The number of hydrogen-bond acceptors (Lipinski definition) is 2. The number of para-hydroxylation sites is 1. The molecule has 98 valence electrons. The summed E-state index contributed by atoms with van der Waals surface area (Å²) < 4.78 is 25.0. The third-order valence-corrected chi connectivity index (χ3v) is 3.19. The number of rotatable bonds is 5. The zero-order valence-electron chi connectivity index (χ0n) is 11.0. The number of benzene rings is 1. The number of sulfonamides is 1. The zero-order chi connectivity index (χ0) is 13.8. The molecule has 0 radical (unpaired) electrons. The Balaban J connectivity index is 2.99. The molecule has 0 amide bonds. The summed E-state index contributed by atoms with van der Waals surface area (Å²) in [5, 5.41) is 0. The van der Waals surface area contributed by atoms with Gasteiger partial charge in [0.1, 0.15) is 0 Å². The average molecular weight is 265 g/mol. The summed E-state index contributed by atoms with van der Waals surface area (Å²) in [7, 11) is -3.26. The summed E-state index contributed by atoms with van der Waals surface area (Å²) in [5.41, 5.74) is 2.50. The summed E-state index contributed by atoms with van der Waals surface area (Å²) >= 11 is 0. The molecule has 0 bridgehead atoms. The van der Waals surface area contributed by atoms with Crippen molar-refractivity contribution in [2.45, 2.75) is 13.8 Å². The highest BCUT2D eigenvalue weighted by Gasteiger charge is 2.05. The molecular weight excluding hydrogens is 246 g/mol. The lowest BCUT2D eigenvalue weighted by molar-refractivity contribution is 0.607. The Bertz CT molecular complexity index is 559. The Hall–Kier alpha value is -1.55. The van der Waals surface area contributed by atoms with E-state index in [9.17, 15) is 8.42 Å². The molecule has 0 saturated carbocycles. The molecule has 0 aliphatic heterocycles.